The first-order valence-electron chi connectivity index (χ1n) is 10.1. The van der Waals surface area contributed by atoms with Crippen LogP contribution in [-0.2, 0) is 14.3 Å². The Balaban J connectivity index is 1.57. The fourth-order valence-electron chi connectivity index (χ4n) is 3.67. The Hall–Kier alpha value is -3.00. The van der Waals surface area contributed by atoms with Crippen molar-refractivity contribution in [2.75, 3.05) is 18.6 Å². The van der Waals surface area contributed by atoms with Crippen LogP contribution < -0.4 is 10.6 Å². The van der Waals surface area contributed by atoms with Gasteiger partial charge in [0.25, 0.3) is 0 Å². The molecule has 0 bridgehead atoms. The molecule has 2 aromatic rings. The third kappa shape index (κ3) is 5.38. The number of hydrogen-bond donors (Lipinski definition) is 3. The Morgan fingerprint density at radius 3 is 2.16 bits per heavy atom. The molecule has 164 valence electrons. The van der Waals surface area contributed by atoms with E-state index >= 15 is 0 Å². The highest BCUT2D eigenvalue weighted by Crippen LogP contribution is 2.44. The first-order valence-corrected chi connectivity index (χ1v) is 11.5. The lowest BCUT2D eigenvalue weighted by atomic mass is 9.98. The number of ether oxygens (including phenoxy) is 1. The van der Waals surface area contributed by atoms with E-state index in [2.05, 4.69) is 22.8 Å². The van der Waals surface area contributed by atoms with Crippen LogP contribution >= 0.6 is 11.8 Å². The van der Waals surface area contributed by atoms with E-state index in [4.69, 9.17) is 4.74 Å². The molecule has 31 heavy (non-hydrogen) atoms. The van der Waals surface area contributed by atoms with Gasteiger partial charge < -0.3 is 20.5 Å². The fraction of sp³-hybridized carbons (Fsp3) is 0.348. The highest BCUT2D eigenvalue weighted by atomic mass is 32.2. The van der Waals surface area contributed by atoms with E-state index in [-0.39, 0.29) is 12.5 Å². The van der Waals surface area contributed by atoms with Gasteiger partial charge in [-0.2, -0.15) is 11.8 Å². The number of alkyl carbamates (subject to hydrolysis) is 1. The van der Waals surface area contributed by atoms with Crippen LogP contribution in [0.4, 0.5) is 4.79 Å². The number of aliphatic carboxylic acids is 1. The summed E-state index contributed by atoms with van der Waals surface area (Å²) in [4.78, 5) is 35.9. The van der Waals surface area contributed by atoms with Crippen LogP contribution in [0.2, 0.25) is 0 Å². The number of carbonyl (C=O) groups excluding carboxylic acids is 2. The van der Waals surface area contributed by atoms with E-state index in [1.807, 2.05) is 42.7 Å². The molecule has 8 heteroatoms. The van der Waals surface area contributed by atoms with Gasteiger partial charge in [-0.25, -0.2) is 9.59 Å². The van der Waals surface area contributed by atoms with E-state index in [0.717, 1.165) is 22.3 Å². The van der Waals surface area contributed by atoms with Gasteiger partial charge in [0.15, 0.2) is 0 Å². The molecule has 3 rings (SSSR count). The van der Waals surface area contributed by atoms with E-state index in [1.54, 1.807) is 0 Å². The minimum absolute atomic E-state index is 0.0785. The number of nitrogens with one attached hydrogen (secondary N) is 2. The monoisotopic (exact) mass is 442 g/mol. The number of fused-ring (bicyclic) bond motifs is 3. The Kier molecular flexibility index (Phi) is 7.57. The molecule has 2 atom stereocenters. The fourth-order valence-corrected chi connectivity index (χ4v) is 4.14. The molecule has 0 saturated heterocycles. The lowest BCUT2D eigenvalue weighted by Gasteiger charge is -2.19. The van der Waals surface area contributed by atoms with Crippen LogP contribution in [0, 0.1) is 0 Å². The van der Waals surface area contributed by atoms with Crippen molar-refractivity contribution in [2.45, 2.75) is 31.3 Å². The number of hydrogen-bond acceptors (Lipinski definition) is 5. The van der Waals surface area contributed by atoms with Crippen molar-refractivity contribution in [1.82, 2.24) is 10.6 Å². The van der Waals surface area contributed by atoms with Crippen molar-refractivity contribution >= 4 is 29.7 Å². The lowest BCUT2D eigenvalue weighted by Crippen LogP contribution is -2.50. The molecule has 2 aromatic carbocycles. The average Bonchev–Trinajstić information content (AvgIpc) is 3.08. The molecule has 0 spiro atoms. The van der Waals surface area contributed by atoms with Crippen LogP contribution in [0.25, 0.3) is 11.1 Å². The molecule has 1 aliphatic rings. The molecule has 0 radical (unpaired) electrons. The molecule has 0 aliphatic heterocycles. The third-order valence-corrected chi connectivity index (χ3v) is 5.94. The Labute approximate surface area is 185 Å². The van der Waals surface area contributed by atoms with Crippen molar-refractivity contribution in [1.29, 1.82) is 0 Å². The summed E-state index contributed by atoms with van der Waals surface area (Å²) in [7, 11) is 0. The summed E-state index contributed by atoms with van der Waals surface area (Å²) in [6.45, 7) is 1.63. The Morgan fingerprint density at radius 2 is 1.61 bits per heavy atom. The van der Waals surface area contributed by atoms with E-state index in [9.17, 15) is 19.5 Å². The summed E-state index contributed by atoms with van der Waals surface area (Å²) < 4.78 is 5.43. The second-order valence-electron chi connectivity index (χ2n) is 7.37. The van der Waals surface area contributed by atoms with Crippen molar-refractivity contribution in [3.8, 4) is 11.1 Å². The smallest absolute Gasteiger partial charge is 0.407 e. The highest BCUT2D eigenvalue weighted by Gasteiger charge is 2.29. The summed E-state index contributed by atoms with van der Waals surface area (Å²) >= 11 is 1.50. The maximum atomic E-state index is 12.3. The predicted molar refractivity (Wildman–Crippen MR) is 120 cm³/mol. The summed E-state index contributed by atoms with van der Waals surface area (Å²) in [5.41, 5.74) is 4.45. The molecule has 7 nitrogen and oxygen atoms in total. The van der Waals surface area contributed by atoms with Gasteiger partial charge in [0.2, 0.25) is 5.91 Å². The molecule has 0 saturated carbocycles. The molecular weight excluding hydrogens is 416 g/mol. The number of carboxylic acids is 1. The van der Waals surface area contributed by atoms with E-state index < -0.39 is 30.1 Å². The topological polar surface area (TPSA) is 105 Å². The van der Waals surface area contributed by atoms with Crippen LogP contribution in [-0.4, -0.2) is 53.8 Å². The Bertz CT molecular complexity index is 919. The molecule has 0 fully saturated rings. The maximum Gasteiger partial charge on any atom is 0.407 e. The largest absolute Gasteiger partial charge is 0.480 e. The zero-order valence-corrected chi connectivity index (χ0v) is 18.3. The number of thioether (sulfide) groups is 1. The van der Waals surface area contributed by atoms with Gasteiger partial charge in [0, 0.05) is 5.92 Å². The maximum absolute atomic E-state index is 12.3. The number of benzene rings is 2. The number of rotatable bonds is 9. The van der Waals surface area contributed by atoms with Gasteiger partial charge >= 0.3 is 12.1 Å². The van der Waals surface area contributed by atoms with Gasteiger partial charge in [-0.05, 0) is 47.6 Å². The molecule has 2 amide bonds. The van der Waals surface area contributed by atoms with Crippen molar-refractivity contribution in [3.63, 3.8) is 0 Å². The lowest BCUT2D eigenvalue weighted by molar-refractivity contribution is -0.142. The SMILES string of the molecule is CSCC[C@@H](NC(=O)[C@@H](C)NC(=O)OCC1c2ccccc2-c2ccccc21)C(=O)O. The van der Waals surface area contributed by atoms with Crippen LogP contribution in [0.3, 0.4) is 0 Å². The second-order valence-corrected chi connectivity index (χ2v) is 8.36. The zero-order chi connectivity index (χ0) is 22.4. The van der Waals surface area contributed by atoms with Gasteiger partial charge in [-0.1, -0.05) is 48.5 Å². The highest BCUT2D eigenvalue weighted by molar-refractivity contribution is 7.98. The minimum Gasteiger partial charge on any atom is -0.480 e. The van der Waals surface area contributed by atoms with Crippen molar-refractivity contribution in [2.24, 2.45) is 0 Å². The van der Waals surface area contributed by atoms with Gasteiger partial charge in [0.05, 0.1) is 0 Å². The van der Waals surface area contributed by atoms with Crippen LogP contribution in [0.15, 0.2) is 48.5 Å². The predicted octanol–water partition coefficient (Wildman–Crippen LogP) is 3.24. The number of carbonyl (C=O) groups is 3. The van der Waals surface area contributed by atoms with Crippen LogP contribution in [0.1, 0.15) is 30.4 Å². The molecule has 0 heterocycles. The van der Waals surface area contributed by atoms with Gasteiger partial charge in [-0.15, -0.1) is 0 Å². The first-order chi connectivity index (χ1) is 14.9. The summed E-state index contributed by atoms with van der Waals surface area (Å²) in [5.74, 6) is -1.14. The molecule has 0 aromatic heterocycles. The van der Waals surface area contributed by atoms with Crippen molar-refractivity contribution in [3.05, 3.63) is 59.7 Å². The number of carboxylic acid groups (broad SMARTS) is 1. The zero-order valence-electron chi connectivity index (χ0n) is 17.5. The van der Waals surface area contributed by atoms with Gasteiger partial charge in [0.1, 0.15) is 18.7 Å². The number of amides is 2. The molecule has 1 aliphatic carbocycles. The summed E-state index contributed by atoms with van der Waals surface area (Å²) in [6, 6.07) is 14.1. The second kappa shape index (κ2) is 10.3. The molecule has 0 unspecified atom stereocenters. The molecule has 3 N–H and O–H groups in total. The van der Waals surface area contributed by atoms with Gasteiger partial charge in [-0.3, -0.25) is 4.79 Å². The minimum atomic E-state index is -1.10. The third-order valence-electron chi connectivity index (χ3n) is 5.30. The summed E-state index contributed by atoms with van der Waals surface area (Å²) in [6.07, 6.45) is 1.45. The average molecular weight is 443 g/mol. The Morgan fingerprint density at radius 1 is 1.03 bits per heavy atom. The quantitative estimate of drug-likeness (QED) is 0.551. The van der Waals surface area contributed by atoms with E-state index in [1.165, 1.54) is 18.7 Å². The van der Waals surface area contributed by atoms with E-state index in [0.29, 0.717) is 12.2 Å². The van der Waals surface area contributed by atoms with Crippen molar-refractivity contribution < 1.29 is 24.2 Å². The first kappa shape index (κ1) is 22.7. The summed E-state index contributed by atoms with van der Waals surface area (Å²) in [5, 5.41) is 14.2. The van der Waals surface area contributed by atoms with Crippen LogP contribution in [0.5, 0.6) is 0 Å². The normalized spacial score (nSPS) is 14.1. The molecular formula is C23H26N2O5S. The standard InChI is InChI=1S/C23H26N2O5S/c1-14(21(26)25-20(22(27)28)11-12-31-2)24-23(29)30-13-19-17-9-5-3-7-15(17)16-8-4-6-10-18(16)19/h3-10,14,19-20H,11-13H2,1-2H3,(H,24,29)(H,25,26)(H,27,28)/t14-,20-/m1/s1.